The number of amides is 2. The van der Waals surface area contributed by atoms with Gasteiger partial charge in [0.15, 0.2) is 0 Å². The highest BCUT2D eigenvalue weighted by atomic mass is 16.5. The van der Waals surface area contributed by atoms with Gasteiger partial charge in [0.05, 0.1) is 11.7 Å². The molecule has 20 heavy (non-hydrogen) atoms. The lowest BCUT2D eigenvalue weighted by Gasteiger charge is -2.14. The highest BCUT2D eigenvalue weighted by molar-refractivity contribution is 5.89. The molecule has 1 aromatic heterocycles. The van der Waals surface area contributed by atoms with Crippen LogP contribution in [-0.4, -0.2) is 11.2 Å². The number of hydrogen-bond acceptors (Lipinski definition) is 4. The molecule has 1 atom stereocenters. The second-order valence-corrected chi connectivity index (χ2v) is 4.68. The number of carbonyl (C=O) groups is 1. The minimum Gasteiger partial charge on any atom is -0.399 e. The number of nitrogens with zero attached hydrogens (tertiary/aromatic N) is 1. The number of nitrogens with one attached hydrogen (secondary N) is 2. The van der Waals surface area contributed by atoms with Crippen molar-refractivity contribution in [3.8, 4) is 0 Å². The summed E-state index contributed by atoms with van der Waals surface area (Å²) in [5, 5.41) is 9.47. The Morgan fingerprint density at radius 1 is 1.30 bits per heavy atom. The predicted molar refractivity (Wildman–Crippen MR) is 77.4 cm³/mol. The van der Waals surface area contributed by atoms with Crippen LogP contribution in [0.2, 0.25) is 0 Å². The zero-order valence-electron chi connectivity index (χ0n) is 11.7. The molecule has 4 N–H and O–H groups in total. The van der Waals surface area contributed by atoms with Crippen molar-refractivity contribution in [1.29, 1.82) is 0 Å². The van der Waals surface area contributed by atoms with Crippen LogP contribution in [0.5, 0.6) is 0 Å². The van der Waals surface area contributed by atoms with E-state index < -0.39 is 0 Å². The van der Waals surface area contributed by atoms with Crippen LogP contribution in [0.15, 0.2) is 28.8 Å². The highest BCUT2D eigenvalue weighted by Crippen LogP contribution is 2.21. The summed E-state index contributed by atoms with van der Waals surface area (Å²) in [5.41, 5.74) is 8.61. The van der Waals surface area contributed by atoms with Crippen molar-refractivity contribution in [2.24, 2.45) is 0 Å². The lowest BCUT2D eigenvalue weighted by atomic mass is 10.1. The average molecular weight is 274 g/mol. The van der Waals surface area contributed by atoms with E-state index in [4.69, 9.17) is 10.3 Å². The number of aryl methyl sites for hydroxylation is 2. The van der Waals surface area contributed by atoms with Gasteiger partial charge < -0.3 is 20.9 Å². The molecule has 0 radical (unpaired) electrons. The minimum atomic E-state index is -0.290. The number of benzene rings is 1. The summed E-state index contributed by atoms with van der Waals surface area (Å²) in [6, 6.07) is 6.48. The molecule has 0 fully saturated rings. The molecule has 0 saturated carbocycles. The first kappa shape index (κ1) is 13.9. The molecule has 6 heteroatoms. The van der Waals surface area contributed by atoms with Gasteiger partial charge >= 0.3 is 6.03 Å². The van der Waals surface area contributed by atoms with Gasteiger partial charge in [-0.25, -0.2) is 4.79 Å². The van der Waals surface area contributed by atoms with Gasteiger partial charge in [-0.2, -0.15) is 0 Å². The van der Waals surface area contributed by atoms with E-state index in [-0.39, 0.29) is 12.1 Å². The van der Waals surface area contributed by atoms with Gasteiger partial charge in [-0.3, -0.25) is 0 Å². The van der Waals surface area contributed by atoms with Crippen molar-refractivity contribution < 1.29 is 9.32 Å². The monoisotopic (exact) mass is 274 g/mol. The van der Waals surface area contributed by atoms with Crippen LogP contribution in [0.25, 0.3) is 0 Å². The van der Waals surface area contributed by atoms with E-state index >= 15 is 0 Å². The molecule has 0 bridgehead atoms. The van der Waals surface area contributed by atoms with Crippen LogP contribution < -0.4 is 16.4 Å². The quantitative estimate of drug-likeness (QED) is 0.750. The molecule has 0 spiro atoms. The Labute approximate surface area is 117 Å². The number of anilines is 2. The van der Waals surface area contributed by atoms with Gasteiger partial charge in [-0.05, 0) is 45.0 Å². The summed E-state index contributed by atoms with van der Waals surface area (Å²) in [5.74, 6) is 0.711. The maximum atomic E-state index is 11.9. The Hall–Kier alpha value is -2.50. The molecule has 1 heterocycles. The first-order valence-electron chi connectivity index (χ1n) is 6.33. The topological polar surface area (TPSA) is 93.2 Å². The lowest BCUT2D eigenvalue weighted by Crippen LogP contribution is -2.31. The van der Waals surface area contributed by atoms with Crippen LogP contribution in [0.1, 0.15) is 30.0 Å². The Balaban J connectivity index is 1.99. The van der Waals surface area contributed by atoms with Gasteiger partial charge in [-0.15, -0.1) is 0 Å². The zero-order valence-corrected chi connectivity index (χ0v) is 11.7. The summed E-state index contributed by atoms with van der Waals surface area (Å²) in [6.07, 6.45) is 0. The van der Waals surface area contributed by atoms with E-state index in [1.807, 2.05) is 20.8 Å². The second kappa shape index (κ2) is 5.64. The van der Waals surface area contributed by atoms with Crippen molar-refractivity contribution in [2.75, 3.05) is 11.1 Å². The third-order valence-corrected chi connectivity index (χ3v) is 3.04. The largest absolute Gasteiger partial charge is 0.399 e. The normalized spacial score (nSPS) is 11.9. The van der Waals surface area contributed by atoms with Crippen molar-refractivity contribution >= 4 is 17.4 Å². The molecule has 2 rings (SSSR count). The van der Waals surface area contributed by atoms with Gasteiger partial charge in [0.1, 0.15) is 5.76 Å². The summed E-state index contributed by atoms with van der Waals surface area (Å²) in [6.45, 7) is 5.56. The molecule has 106 valence electrons. The van der Waals surface area contributed by atoms with Gasteiger partial charge in [0.25, 0.3) is 0 Å². The average Bonchev–Trinajstić information content (AvgIpc) is 2.72. The zero-order chi connectivity index (χ0) is 14.7. The fourth-order valence-electron chi connectivity index (χ4n) is 2.11. The minimum absolute atomic E-state index is 0.185. The Kier molecular flexibility index (Phi) is 3.93. The van der Waals surface area contributed by atoms with E-state index in [1.165, 1.54) is 0 Å². The van der Waals surface area contributed by atoms with E-state index in [0.717, 1.165) is 11.3 Å². The number of carbonyl (C=O) groups excluding carboxylic acids is 1. The van der Waals surface area contributed by atoms with Crippen LogP contribution in [0.4, 0.5) is 16.2 Å². The molecular weight excluding hydrogens is 256 g/mol. The smallest absolute Gasteiger partial charge is 0.319 e. The van der Waals surface area contributed by atoms with Crippen LogP contribution in [0.3, 0.4) is 0 Å². The van der Waals surface area contributed by atoms with E-state index in [0.29, 0.717) is 17.1 Å². The van der Waals surface area contributed by atoms with Gasteiger partial charge in [0, 0.05) is 16.9 Å². The molecule has 0 aliphatic rings. The standard InChI is InChI=1S/C14H18N4O2/c1-8(13-9(2)18-20-10(13)3)16-14(19)17-12-6-4-11(15)5-7-12/h4-8H,15H2,1-3H3,(H2,16,17,19). The van der Waals surface area contributed by atoms with E-state index in [1.54, 1.807) is 24.3 Å². The molecule has 0 aliphatic carbocycles. The first-order chi connectivity index (χ1) is 9.47. The van der Waals surface area contributed by atoms with E-state index in [9.17, 15) is 4.79 Å². The summed E-state index contributed by atoms with van der Waals surface area (Å²) < 4.78 is 5.09. The second-order valence-electron chi connectivity index (χ2n) is 4.68. The number of aromatic nitrogens is 1. The van der Waals surface area contributed by atoms with E-state index in [2.05, 4.69) is 15.8 Å². The maximum Gasteiger partial charge on any atom is 0.319 e. The number of urea groups is 1. The van der Waals surface area contributed by atoms with Crippen LogP contribution in [0, 0.1) is 13.8 Å². The van der Waals surface area contributed by atoms with Gasteiger partial charge in [-0.1, -0.05) is 5.16 Å². The molecule has 6 nitrogen and oxygen atoms in total. The molecule has 2 amide bonds. The third kappa shape index (κ3) is 3.09. The number of nitrogen functional groups attached to an aromatic ring is 1. The summed E-state index contributed by atoms with van der Waals surface area (Å²) in [4.78, 5) is 11.9. The Bertz CT molecular complexity index is 585. The van der Waals surface area contributed by atoms with Crippen LogP contribution in [-0.2, 0) is 0 Å². The number of nitrogens with two attached hydrogens (primary N) is 1. The van der Waals surface area contributed by atoms with Crippen molar-refractivity contribution in [2.45, 2.75) is 26.8 Å². The first-order valence-corrected chi connectivity index (χ1v) is 6.33. The Morgan fingerprint density at radius 3 is 2.50 bits per heavy atom. The molecule has 1 unspecified atom stereocenters. The summed E-state index contributed by atoms with van der Waals surface area (Å²) >= 11 is 0. The van der Waals surface area contributed by atoms with Crippen molar-refractivity contribution in [3.63, 3.8) is 0 Å². The number of rotatable bonds is 3. The third-order valence-electron chi connectivity index (χ3n) is 3.04. The SMILES string of the molecule is Cc1noc(C)c1C(C)NC(=O)Nc1ccc(N)cc1. The van der Waals surface area contributed by atoms with Crippen molar-refractivity contribution in [3.05, 3.63) is 41.3 Å². The lowest BCUT2D eigenvalue weighted by molar-refractivity contribution is 0.249. The van der Waals surface area contributed by atoms with Crippen molar-refractivity contribution in [1.82, 2.24) is 10.5 Å². The molecule has 2 aromatic rings. The Morgan fingerprint density at radius 2 is 1.95 bits per heavy atom. The molecule has 1 aromatic carbocycles. The fourth-order valence-corrected chi connectivity index (χ4v) is 2.11. The number of hydrogen-bond donors (Lipinski definition) is 3. The predicted octanol–water partition coefficient (Wildman–Crippen LogP) is 2.76. The molecule has 0 aliphatic heterocycles. The summed E-state index contributed by atoms with van der Waals surface area (Å²) in [7, 11) is 0. The van der Waals surface area contributed by atoms with Crippen LogP contribution >= 0.6 is 0 Å². The maximum absolute atomic E-state index is 11.9. The fraction of sp³-hybridized carbons (Fsp3) is 0.286. The van der Waals surface area contributed by atoms with Gasteiger partial charge in [0.2, 0.25) is 0 Å². The molecule has 0 saturated heterocycles. The molecular formula is C14H18N4O2. The highest BCUT2D eigenvalue weighted by Gasteiger charge is 2.18.